The number of allylic oxidation sites excluding steroid dienone is 1. The molecule has 8 aromatic rings. The molecule has 324 valence electrons. The fourth-order valence-corrected chi connectivity index (χ4v) is 9.26. The zero-order valence-electron chi connectivity index (χ0n) is 39.5. The summed E-state index contributed by atoms with van der Waals surface area (Å²) in [5.74, 6) is 2.47. The van der Waals surface area contributed by atoms with Gasteiger partial charge in [-0.2, -0.15) is 0 Å². The van der Waals surface area contributed by atoms with Gasteiger partial charge in [-0.3, -0.25) is 4.57 Å². The average molecular weight is 843 g/mol. The SMILES string of the molecule is CC(C)(C)C1=CN(c2cccc(C(C)(C)c3ccccc3)c2)CN1c1cc(Oc2cc(C(C)(C)C)c3c4ccccc4n(-c4cc(C(C)(C)C)ccn4)c3c2)cc(-c2ccccc2)c1. The van der Waals surface area contributed by atoms with Crippen LogP contribution in [0.25, 0.3) is 38.8 Å². The van der Waals surface area contributed by atoms with Crippen LogP contribution in [0.4, 0.5) is 11.4 Å². The maximum absolute atomic E-state index is 7.18. The van der Waals surface area contributed by atoms with Crippen molar-refractivity contribution in [3.05, 3.63) is 192 Å². The maximum atomic E-state index is 7.18. The van der Waals surface area contributed by atoms with Crippen molar-refractivity contribution in [1.82, 2.24) is 9.55 Å². The Bertz CT molecular complexity index is 3030. The number of rotatable bonds is 8. The van der Waals surface area contributed by atoms with Crippen molar-refractivity contribution in [3.8, 4) is 28.4 Å². The van der Waals surface area contributed by atoms with Crippen LogP contribution in [-0.4, -0.2) is 16.2 Å². The number of pyridine rings is 1. The molecule has 1 aliphatic rings. The highest BCUT2D eigenvalue weighted by atomic mass is 16.5. The van der Waals surface area contributed by atoms with Crippen LogP contribution in [-0.2, 0) is 16.2 Å². The second-order valence-corrected chi connectivity index (χ2v) is 21.1. The molecule has 0 unspecified atom stereocenters. The average Bonchev–Trinajstić information content (AvgIpc) is 3.87. The molecule has 3 heterocycles. The molecule has 0 N–H and O–H groups in total. The van der Waals surface area contributed by atoms with E-state index in [1.165, 1.54) is 44.4 Å². The summed E-state index contributed by atoms with van der Waals surface area (Å²) >= 11 is 0. The molecular formula is C59H62N4O. The summed E-state index contributed by atoms with van der Waals surface area (Å²) in [5.41, 5.74) is 12.5. The van der Waals surface area contributed by atoms with Crippen molar-refractivity contribution in [3.63, 3.8) is 0 Å². The minimum atomic E-state index is -0.177. The Hall–Kier alpha value is -6.59. The molecule has 1 aliphatic heterocycles. The van der Waals surface area contributed by atoms with Crippen LogP contribution in [0.15, 0.2) is 170 Å². The van der Waals surface area contributed by atoms with Crippen LogP contribution in [0.1, 0.15) is 98.4 Å². The van der Waals surface area contributed by atoms with Gasteiger partial charge in [-0.05, 0) is 92.7 Å². The molecule has 0 spiro atoms. The van der Waals surface area contributed by atoms with E-state index >= 15 is 0 Å². The van der Waals surface area contributed by atoms with Crippen molar-refractivity contribution in [2.45, 2.75) is 92.4 Å². The van der Waals surface area contributed by atoms with Gasteiger partial charge in [-0.15, -0.1) is 0 Å². The molecule has 2 aromatic heterocycles. The fourth-order valence-electron chi connectivity index (χ4n) is 9.26. The van der Waals surface area contributed by atoms with Gasteiger partial charge in [-0.1, -0.05) is 167 Å². The summed E-state index contributed by atoms with van der Waals surface area (Å²) in [4.78, 5) is 9.85. The first kappa shape index (κ1) is 42.7. The number of hydrogen-bond acceptors (Lipinski definition) is 4. The van der Waals surface area contributed by atoms with E-state index in [2.05, 4.69) is 248 Å². The number of nitrogens with zero attached hydrogens (tertiary/aromatic N) is 4. The van der Waals surface area contributed by atoms with E-state index in [1.54, 1.807) is 0 Å². The van der Waals surface area contributed by atoms with Gasteiger partial charge in [0.1, 0.15) is 17.3 Å². The van der Waals surface area contributed by atoms with E-state index < -0.39 is 0 Å². The molecule has 0 atom stereocenters. The minimum absolute atomic E-state index is 0.0273. The summed E-state index contributed by atoms with van der Waals surface area (Å²) in [6.07, 6.45) is 4.29. The Morgan fingerprint density at radius 1 is 0.500 bits per heavy atom. The highest BCUT2D eigenvalue weighted by Gasteiger charge is 2.33. The quantitative estimate of drug-likeness (QED) is 0.153. The molecule has 0 saturated carbocycles. The third kappa shape index (κ3) is 8.09. The first-order valence-corrected chi connectivity index (χ1v) is 22.7. The maximum Gasteiger partial charge on any atom is 0.137 e. The molecule has 0 aliphatic carbocycles. The standard InChI is InChI=1S/C59H62N4O/c1-56(2,3)43-29-30-60-54(34-43)63-51-28-19-18-27-49(51)55-50(57(4,5)6)36-48(37-52(55)63)64-47-32-41(40-21-14-12-15-22-40)31-46(35-47)62-39-61(38-53(62)58(7,8)9)45-26-20-25-44(33-45)59(10,11)42-23-16-13-17-24-42/h12-38H,39H2,1-11H3. The van der Waals surface area contributed by atoms with Crippen molar-refractivity contribution >= 4 is 33.2 Å². The zero-order valence-corrected chi connectivity index (χ0v) is 39.5. The predicted octanol–water partition coefficient (Wildman–Crippen LogP) is 15.7. The second-order valence-electron chi connectivity index (χ2n) is 21.1. The number of fused-ring (bicyclic) bond motifs is 3. The number of anilines is 2. The number of benzene rings is 6. The number of ether oxygens (including phenoxy) is 1. The van der Waals surface area contributed by atoms with E-state index in [1.807, 2.05) is 6.20 Å². The monoisotopic (exact) mass is 842 g/mol. The molecule has 5 heteroatoms. The molecule has 9 rings (SSSR count). The summed E-state index contributed by atoms with van der Waals surface area (Å²) < 4.78 is 9.51. The molecule has 0 saturated heterocycles. The summed E-state index contributed by atoms with van der Waals surface area (Å²) in [6, 6.07) is 54.8. The van der Waals surface area contributed by atoms with Gasteiger partial charge in [0.05, 0.1) is 17.7 Å². The predicted molar refractivity (Wildman–Crippen MR) is 270 cm³/mol. The lowest BCUT2D eigenvalue weighted by molar-refractivity contribution is 0.478. The van der Waals surface area contributed by atoms with Crippen molar-refractivity contribution in [2.75, 3.05) is 16.5 Å². The van der Waals surface area contributed by atoms with Crippen molar-refractivity contribution in [2.24, 2.45) is 5.41 Å². The number of aromatic nitrogens is 2. The molecule has 0 fully saturated rings. The Balaban J connectivity index is 1.17. The molecule has 64 heavy (non-hydrogen) atoms. The third-order valence-electron chi connectivity index (χ3n) is 13.0. The van der Waals surface area contributed by atoms with Crippen molar-refractivity contribution < 1.29 is 4.74 Å². The fraction of sp³-hybridized carbons (Fsp3) is 0.271. The van der Waals surface area contributed by atoms with Gasteiger partial charge in [0, 0.05) is 63.2 Å². The van der Waals surface area contributed by atoms with Crippen LogP contribution in [0.5, 0.6) is 11.5 Å². The highest BCUT2D eigenvalue weighted by molar-refractivity contribution is 6.11. The molecule has 0 bridgehead atoms. The highest BCUT2D eigenvalue weighted by Crippen LogP contribution is 2.45. The van der Waals surface area contributed by atoms with Crippen LogP contribution >= 0.6 is 0 Å². The normalized spacial score (nSPS) is 13.8. The lowest BCUT2D eigenvalue weighted by atomic mass is 9.78. The van der Waals surface area contributed by atoms with E-state index in [9.17, 15) is 0 Å². The molecule has 5 nitrogen and oxygen atoms in total. The first-order chi connectivity index (χ1) is 30.4. The van der Waals surface area contributed by atoms with Crippen LogP contribution in [0, 0.1) is 5.41 Å². The summed E-state index contributed by atoms with van der Waals surface area (Å²) in [7, 11) is 0. The van der Waals surface area contributed by atoms with Gasteiger partial charge >= 0.3 is 0 Å². The van der Waals surface area contributed by atoms with Crippen LogP contribution in [0.3, 0.4) is 0 Å². The largest absolute Gasteiger partial charge is 0.457 e. The summed E-state index contributed by atoms with van der Waals surface area (Å²) in [6.45, 7) is 25.8. The van der Waals surface area contributed by atoms with Gasteiger partial charge in [0.25, 0.3) is 0 Å². The Labute approximate surface area is 380 Å². The third-order valence-corrected chi connectivity index (χ3v) is 13.0. The Morgan fingerprint density at radius 2 is 1.17 bits per heavy atom. The zero-order chi connectivity index (χ0) is 45.2. The smallest absolute Gasteiger partial charge is 0.137 e. The van der Waals surface area contributed by atoms with E-state index in [0.717, 1.165) is 45.2 Å². The second kappa shape index (κ2) is 15.9. The Morgan fingerprint density at radius 3 is 1.88 bits per heavy atom. The van der Waals surface area contributed by atoms with Gasteiger partial charge in [0.15, 0.2) is 0 Å². The van der Waals surface area contributed by atoms with Gasteiger partial charge in [-0.25, -0.2) is 4.98 Å². The minimum Gasteiger partial charge on any atom is -0.457 e. The van der Waals surface area contributed by atoms with Gasteiger partial charge < -0.3 is 14.5 Å². The topological polar surface area (TPSA) is 33.5 Å². The molecular weight excluding hydrogens is 781 g/mol. The molecule has 6 aromatic carbocycles. The molecule has 0 amide bonds. The number of hydrogen-bond donors (Lipinski definition) is 0. The first-order valence-electron chi connectivity index (χ1n) is 22.7. The van der Waals surface area contributed by atoms with Crippen molar-refractivity contribution in [1.29, 1.82) is 0 Å². The Kier molecular flexibility index (Phi) is 10.6. The van der Waals surface area contributed by atoms with Crippen LogP contribution in [0.2, 0.25) is 0 Å². The van der Waals surface area contributed by atoms with Crippen LogP contribution < -0.4 is 14.5 Å². The lowest BCUT2D eigenvalue weighted by Gasteiger charge is -2.31. The van der Waals surface area contributed by atoms with E-state index in [-0.39, 0.29) is 21.7 Å². The summed E-state index contributed by atoms with van der Waals surface area (Å²) in [5, 5.41) is 2.44. The molecule has 0 radical (unpaired) electrons. The van der Waals surface area contributed by atoms with E-state index in [4.69, 9.17) is 9.72 Å². The lowest BCUT2D eigenvalue weighted by Crippen LogP contribution is -2.30. The van der Waals surface area contributed by atoms with Gasteiger partial charge in [0.2, 0.25) is 0 Å². The number of para-hydroxylation sites is 1. The van der Waals surface area contributed by atoms with E-state index in [0.29, 0.717) is 6.67 Å².